The molecule has 0 saturated heterocycles. The van der Waals surface area contributed by atoms with E-state index in [1.807, 2.05) is 11.1 Å². The predicted molar refractivity (Wildman–Crippen MR) is 98.0 cm³/mol. The normalized spacial score (nSPS) is 15.7. The molecule has 130 valence electrons. The number of nitrogens with one attached hydrogen (secondary N) is 2. The van der Waals surface area contributed by atoms with E-state index in [4.69, 9.17) is 0 Å². The minimum atomic E-state index is 0.0672. The van der Waals surface area contributed by atoms with Crippen molar-refractivity contribution >= 4 is 16.9 Å². The molecule has 5 nitrogen and oxygen atoms in total. The largest absolute Gasteiger partial charge is 0.361 e. The second kappa shape index (κ2) is 7.26. The number of fused-ring (bicyclic) bond motifs is 1. The molecule has 1 aromatic heterocycles. The zero-order valence-corrected chi connectivity index (χ0v) is 14.9. The van der Waals surface area contributed by atoms with Crippen LogP contribution >= 0.6 is 0 Å². The maximum absolute atomic E-state index is 12.6. The molecule has 5 heteroatoms. The van der Waals surface area contributed by atoms with Gasteiger partial charge in [-0.3, -0.25) is 0 Å². The molecule has 1 atom stereocenters. The van der Waals surface area contributed by atoms with Crippen molar-refractivity contribution in [1.29, 1.82) is 0 Å². The molecule has 1 fully saturated rings. The maximum atomic E-state index is 12.6. The minimum absolute atomic E-state index is 0.0672. The number of urea groups is 1. The third kappa shape index (κ3) is 4.09. The summed E-state index contributed by atoms with van der Waals surface area (Å²) in [6.45, 7) is 3.58. The van der Waals surface area contributed by atoms with E-state index in [0.29, 0.717) is 18.6 Å². The maximum Gasteiger partial charge on any atom is 0.317 e. The Balaban J connectivity index is 1.58. The Hall–Kier alpha value is -2.01. The number of rotatable bonds is 7. The van der Waals surface area contributed by atoms with Crippen LogP contribution in [0.4, 0.5) is 4.79 Å². The van der Waals surface area contributed by atoms with Gasteiger partial charge in [-0.1, -0.05) is 6.07 Å². The quantitative estimate of drug-likeness (QED) is 0.820. The van der Waals surface area contributed by atoms with E-state index < -0.39 is 0 Å². The Morgan fingerprint density at radius 1 is 1.33 bits per heavy atom. The zero-order chi connectivity index (χ0) is 17.1. The molecule has 0 aliphatic heterocycles. The highest BCUT2D eigenvalue weighted by Gasteiger charge is 2.32. The van der Waals surface area contributed by atoms with Gasteiger partial charge in [-0.2, -0.15) is 0 Å². The Labute approximate surface area is 144 Å². The summed E-state index contributed by atoms with van der Waals surface area (Å²) in [5, 5.41) is 4.29. The Bertz CT molecular complexity index is 689. The first-order chi connectivity index (χ1) is 11.5. The molecular weight excluding hydrogens is 300 g/mol. The number of carbonyl (C=O) groups excluding carboxylic acids is 1. The molecule has 2 N–H and O–H groups in total. The van der Waals surface area contributed by atoms with E-state index in [1.54, 1.807) is 0 Å². The fourth-order valence-corrected chi connectivity index (χ4v) is 2.90. The highest BCUT2D eigenvalue weighted by Crippen LogP contribution is 2.29. The highest BCUT2D eigenvalue weighted by atomic mass is 16.2. The van der Waals surface area contributed by atoms with Crippen molar-refractivity contribution in [2.24, 2.45) is 0 Å². The summed E-state index contributed by atoms with van der Waals surface area (Å²) in [5.41, 5.74) is 2.32. The summed E-state index contributed by atoms with van der Waals surface area (Å²) in [7, 11) is 4.14. The van der Waals surface area contributed by atoms with Gasteiger partial charge in [-0.05, 0) is 69.4 Å². The van der Waals surface area contributed by atoms with Gasteiger partial charge in [-0.25, -0.2) is 4.79 Å². The van der Waals surface area contributed by atoms with Gasteiger partial charge in [-0.15, -0.1) is 0 Å². The lowest BCUT2D eigenvalue weighted by molar-refractivity contribution is 0.190. The summed E-state index contributed by atoms with van der Waals surface area (Å²) >= 11 is 0. The standard InChI is InChI=1S/C19H28N4O/c1-14(22(2)3)8-10-21-19(24)23(17-5-6-17)13-15-4-7-18-16(12-15)9-11-20-18/h4,7,9,11-12,14,17,20H,5-6,8,10,13H2,1-3H3,(H,21,24)/t14-/m0/s1. The van der Waals surface area contributed by atoms with Crippen molar-refractivity contribution < 1.29 is 4.79 Å². The van der Waals surface area contributed by atoms with Gasteiger partial charge >= 0.3 is 6.03 Å². The lowest BCUT2D eigenvalue weighted by Gasteiger charge is -2.24. The number of carbonyl (C=O) groups is 1. The molecule has 1 saturated carbocycles. The topological polar surface area (TPSA) is 51.4 Å². The second-order valence-electron chi connectivity index (χ2n) is 7.09. The first-order valence-electron chi connectivity index (χ1n) is 8.81. The molecule has 0 radical (unpaired) electrons. The Morgan fingerprint density at radius 2 is 2.12 bits per heavy atom. The van der Waals surface area contributed by atoms with Gasteiger partial charge in [0, 0.05) is 36.9 Å². The number of nitrogens with zero attached hydrogens (tertiary/aromatic N) is 2. The third-order valence-corrected chi connectivity index (χ3v) is 4.94. The summed E-state index contributed by atoms with van der Waals surface area (Å²) < 4.78 is 0. The average molecular weight is 328 g/mol. The molecular formula is C19H28N4O. The van der Waals surface area contributed by atoms with Crippen molar-refractivity contribution in [3.8, 4) is 0 Å². The van der Waals surface area contributed by atoms with Crippen LogP contribution < -0.4 is 5.32 Å². The minimum Gasteiger partial charge on any atom is -0.361 e. The van der Waals surface area contributed by atoms with Gasteiger partial charge in [0.15, 0.2) is 0 Å². The zero-order valence-electron chi connectivity index (χ0n) is 14.9. The first kappa shape index (κ1) is 16.8. The van der Waals surface area contributed by atoms with E-state index in [9.17, 15) is 4.79 Å². The van der Waals surface area contributed by atoms with Crippen molar-refractivity contribution in [3.63, 3.8) is 0 Å². The van der Waals surface area contributed by atoms with Crippen LogP contribution in [-0.2, 0) is 6.54 Å². The summed E-state index contributed by atoms with van der Waals surface area (Å²) in [6, 6.07) is 9.37. The number of aromatic amines is 1. The van der Waals surface area contributed by atoms with Gasteiger partial charge < -0.3 is 20.1 Å². The van der Waals surface area contributed by atoms with Crippen LogP contribution in [0.5, 0.6) is 0 Å². The number of amides is 2. The predicted octanol–water partition coefficient (Wildman–Crippen LogP) is 3.18. The number of H-pyrrole nitrogens is 1. The second-order valence-corrected chi connectivity index (χ2v) is 7.09. The number of hydrogen-bond acceptors (Lipinski definition) is 2. The van der Waals surface area contributed by atoms with Crippen molar-refractivity contribution in [1.82, 2.24) is 20.1 Å². The number of benzene rings is 1. The van der Waals surface area contributed by atoms with Crippen LogP contribution in [0.3, 0.4) is 0 Å². The van der Waals surface area contributed by atoms with Gasteiger partial charge in [0.1, 0.15) is 0 Å². The molecule has 2 amide bonds. The molecule has 1 aromatic carbocycles. The molecule has 0 spiro atoms. The van der Waals surface area contributed by atoms with Crippen molar-refractivity contribution in [2.75, 3.05) is 20.6 Å². The summed E-state index contributed by atoms with van der Waals surface area (Å²) in [4.78, 5) is 20.0. The smallest absolute Gasteiger partial charge is 0.317 e. The van der Waals surface area contributed by atoms with E-state index in [1.165, 1.54) is 10.9 Å². The van der Waals surface area contributed by atoms with Crippen LogP contribution in [-0.4, -0.2) is 53.5 Å². The van der Waals surface area contributed by atoms with Gasteiger partial charge in [0.25, 0.3) is 0 Å². The van der Waals surface area contributed by atoms with Crippen LogP contribution in [0.2, 0.25) is 0 Å². The van der Waals surface area contributed by atoms with Crippen LogP contribution in [0.1, 0.15) is 31.7 Å². The molecule has 0 unspecified atom stereocenters. The monoisotopic (exact) mass is 328 g/mol. The van der Waals surface area contributed by atoms with Gasteiger partial charge in [0.05, 0.1) is 0 Å². The molecule has 0 bridgehead atoms. The average Bonchev–Trinajstić information content (AvgIpc) is 3.29. The molecule has 1 aliphatic carbocycles. The van der Waals surface area contributed by atoms with Gasteiger partial charge in [0.2, 0.25) is 0 Å². The van der Waals surface area contributed by atoms with Crippen molar-refractivity contribution in [2.45, 2.75) is 44.8 Å². The first-order valence-corrected chi connectivity index (χ1v) is 8.81. The number of hydrogen-bond donors (Lipinski definition) is 2. The Kier molecular flexibility index (Phi) is 5.09. The SMILES string of the molecule is C[C@@H](CCNC(=O)N(Cc1ccc2[nH]ccc2c1)C1CC1)N(C)C. The lowest BCUT2D eigenvalue weighted by Crippen LogP contribution is -2.42. The van der Waals surface area contributed by atoms with E-state index in [2.05, 4.69) is 60.5 Å². The van der Waals surface area contributed by atoms with E-state index >= 15 is 0 Å². The van der Waals surface area contributed by atoms with Crippen LogP contribution in [0.15, 0.2) is 30.5 Å². The molecule has 24 heavy (non-hydrogen) atoms. The molecule has 3 rings (SSSR count). The lowest BCUT2D eigenvalue weighted by atomic mass is 10.1. The van der Waals surface area contributed by atoms with Crippen LogP contribution in [0, 0.1) is 0 Å². The fraction of sp³-hybridized carbons (Fsp3) is 0.526. The van der Waals surface area contributed by atoms with E-state index in [0.717, 1.165) is 31.3 Å². The van der Waals surface area contributed by atoms with Crippen molar-refractivity contribution in [3.05, 3.63) is 36.0 Å². The van der Waals surface area contributed by atoms with E-state index in [-0.39, 0.29) is 6.03 Å². The molecule has 1 aliphatic rings. The summed E-state index contributed by atoms with van der Waals surface area (Å²) in [5.74, 6) is 0. The van der Waals surface area contributed by atoms with Crippen LogP contribution in [0.25, 0.3) is 10.9 Å². The Morgan fingerprint density at radius 3 is 2.83 bits per heavy atom. The fourth-order valence-electron chi connectivity index (χ4n) is 2.90. The molecule has 1 heterocycles. The molecule has 2 aromatic rings. The highest BCUT2D eigenvalue weighted by molar-refractivity contribution is 5.80. The summed E-state index contributed by atoms with van der Waals surface area (Å²) in [6.07, 6.45) is 5.15. The third-order valence-electron chi connectivity index (χ3n) is 4.94. The number of aromatic nitrogens is 1.